The van der Waals surface area contributed by atoms with Gasteiger partial charge in [-0.05, 0) is 38.8 Å². The number of carboxylic acids is 1. The van der Waals surface area contributed by atoms with Gasteiger partial charge in [0.15, 0.2) is 0 Å². The largest absolute Gasteiger partial charge is 0.481 e. The lowest BCUT2D eigenvalue weighted by Gasteiger charge is -2.39. The summed E-state index contributed by atoms with van der Waals surface area (Å²) in [6, 6.07) is 2.08. The van der Waals surface area contributed by atoms with Crippen molar-refractivity contribution in [3.8, 4) is 0 Å². The van der Waals surface area contributed by atoms with Crippen molar-refractivity contribution in [2.24, 2.45) is 12.5 Å². The molecule has 0 aliphatic carbocycles. The van der Waals surface area contributed by atoms with Gasteiger partial charge < -0.3 is 5.11 Å². The summed E-state index contributed by atoms with van der Waals surface area (Å²) < 4.78 is 1.90. The van der Waals surface area contributed by atoms with E-state index in [-0.39, 0.29) is 0 Å². The summed E-state index contributed by atoms with van der Waals surface area (Å²) in [5.74, 6) is -0.634. The molecule has 2 rings (SSSR count). The normalized spacial score (nSPS) is 23.9. The van der Waals surface area contributed by atoms with Crippen LogP contribution < -0.4 is 0 Å². The van der Waals surface area contributed by atoms with Gasteiger partial charge in [0, 0.05) is 20.1 Å². The highest BCUT2D eigenvalue weighted by molar-refractivity contribution is 5.75. The predicted octanol–water partition coefficient (Wildman–Crippen LogP) is 2.20. The average molecular weight is 279 g/mol. The fourth-order valence-corrected chi connectivity index (χ4v) is 3.37. The summed E-state index contributed by atoms with van der Waals surface area (Å²) in [5.41, 5.74) is 1.61. The van der Waals surface area contributed by atoms with E-state index in [0.717, 1.165) is 50.2 Å². The van der Waals surface area contributed by atoms with Gasteiger partial charge >= 0.3 is 5.97 Å². The number of piperidine rings is 1. The Bertz CT molecular complexity index is 479. The van der Waals surface area contributed by atoms with Crippen molar-refractivity contribution in [2.75, 3.05) is 13.1 Å². The van der Waals surface area contributed by atoms with E-state index >= 15 is 0 Å². The number of aromatic nitrogens is 2. The Labute approximate surface area is 120 Å². The summed E-state index contributed by atoms with van der Waals surface area (Å²) in [6.07, 6.45) is 3.45. The average Bonchev–Trinajstić information content (AvgIpc) is 2.68. The van der Waals surface area contributed by atoms with Gasteiger partial charge in [0.2, 0.25) is 0 Å². The summed E-state index contributed by atoms with van der Waals surface area (Å²) in [7, 11) is 1.95. The highest BCUT2D eigenvalue weighted by atomic mass is 16.4. The van der Waals surface area contributed by atoms with Crippen LogP contribution in [0.25, 0.3) is 0 Å². The maximum atomic E-state index is 11.7. The second-order valence-corrected chi connectivity index (χ2v) is 6.05. The molecule has 1 aromatic rings. The molecule has 0 aromatic carbocycles. The first kappa shape index (κ1) is 15.0. The number of hydrogen-bond donors (Lipinski definition) is 1. The van der Waals surface area contributed by atoms with E-state index in [1.54, 1.807) is 0 Å². The van der Waals surface area contributed by atoms with E-state index in [9.17, 15) is 9.90 Å². The van der Waals surface area contributed by atoms with E-state index in [2.05, 4.69) is 23.0 Å². The van der Waals surface area contributed by atoms with Crippen molar-refractivity contribution < 1.29 is 9.90 Å². The molecule has 1 atom stereocenters. The fourth-order valence-electron chi connectivity index (χ4n) is 3.37. The van der Waals surface area contributed by atoms with Crippen LogP contribution >= 0.6 is 0 Å². The van der Waals surface area contributed by atoms with Crippen molar-refractivity contribution >= 4 is 5.97 Å². The maximum absolute atomic E-state index is 11.7. The first-order chi connectivity index (χ1) is 9.47. The number of aliphatic carboxylic acids is 1. The van der Waals surface area contributed by atoms with Crippen molar-refractivity contribution in [1.82, 2.24) is 14.7 Å². The molecule has 5 nitrogen and oxygen atoms in total. The molecule has 112 valence electrons. The quantitative estimate of drug-likeness (QED) is 0.897. The first-order valence-electron chi connectivity index (χ1n) is 7.42. The minimum absolute atomic E-state index is 0.555. The van der Waals surface area contributed by atoms with Crippen molar-refractivity contribution in [3.05, 3.63) is 17.5 Å². The van der Waals surface area contributed by atoms with Crippen LogP contribution in [0.15, 0.2) is 6.07 Å². The topological polar surface area (TPSA) is 58.4 Å². The van der Waals surface area contributed by atoms with Crippen LogP contribution in [0.3, 0.4) is 0 Å². The zero-order valence-electron chi connectivity index (χ0n) is 12.7. The Kier molecular flexibility index (Phi) is 4.48. The molecule has 1 aromatic heterocycles. The minimum Gasteiger partial charge on any atom is -0.481 e. The van der Waals surface area contributed by atoms with Crippen LogP contribution in [-0.2, 0) is 18.4 Å². The third-order valence-electron chi connectivity index (χ3n) is 4.32. The SMILES string of the molecule is CCCC1(C(=O)O)CCCN(Cc2cc(C)nn2C)C1. The third kappa shape index (κ3) is 3.03. The molecule has 1 aliphatic rings. The Morgan fingerprint density at radius 1 is 1.55 bits per heavy atom. The number of nitrogens with zero attached hydrogens (tertiary/aromatic N) is 3. The number of carbonyl (C=O) groups is 1. The molecule has 0 radical (unpaired) electrons. The molecular weight excluding hydrogens is 254 g/mol. The Hall–Kier alpha value is -1.36. The van der Waals surface area contributed by atoms with Crippen LogP contribution in [-0.4, -0.2) is 38.8 Å². The number of carboxylic acid groups (broad SMARTS) is 1. The smallest absolute Gasteiger partial charge is 0.310 e. The van der Waals surface area contributed by atoms with E-state index in [0.29, 0.717) is 6.54 Å². The molecule has 1 fully saturated rings. The number of likely N-dealkylation sites (tertiary alicyclic amines) is 1. The van der Waals surface area contributed by atoms with Gasteiger partial charge in [0.25, 0.3) is 0 Å². The first-order valence-corrected chi connectivity index (χ1v) is 7.42. The molecule has 1 N–H and O–H groups in total. The Morgan fingerprint density at radius 2 is 2.30 bits per heavy atom. The monoisotopic (exact) mass is 279 g/mol. The van der Waals surface area contributed by atoms with Gasteiger partial charge in [0.1, 0.15) is 0 Å². The molecule has 2 heterocycles. The van der Waals surface area contributed by atoms with Crippen molar-refractivity contribution in [2.45, 2.75) is 46.1 Å². The highest BCUT2D eigenvalue weighted by Gasteiger charge is 2.41. The molecular formula is C15H25N3O2. The molecule has 1 saturated heterocycles. The minimum atomic E-state index is -0.634. The number of aryl methyl sites for hydroxylation is 2. The lowest BCUT2D eigenvalue weighted by Crippen LogP contribution is -2.47. The van der Waals surface area contributed by atoms with Gasteiger partial charge in [0.05, 0.1) is 16.8 Å². The van der Waals surface area contributed by atoms with Crippen LogP contribution in [0.2, 0.25) is 0 Å². The summed E-state index contributed by atoms with van der Waals surface area (Å²) in [4.78, 5) is 14.0. The van der Waals surface area contributed by atoms with Gasteiger partial charge in [-0.2, -0.15) is 5.10 Å². The van der Waals surface area contributed by atoms with E-state index in [1.807, 2.05) is 18.7 Å². The van der Waals surface area contributed by atoms with Crippen molar-refractivity contribution in [3.63, 3.8) is 0 Å². The molecule has 5 heteroatoms. The van der Waals surface area contributed by atoms with Crippen LogP contribution in [0, 0.1) is 12.3 Å². The predicted molar refractivity (Wildman–Crippen MR) is 77.4 cm³/mol. The van der Waals surface area contributed by atoms with Crippen LogP contribution in [0.5, 0.6) is 0 Å². The molecule has 20 heavy (non-hydrogen) atoms. The second-order valence-electron chi connectivity index (χ2n) is 6.05. The third-order valence-corrected chi connectivity index (χ3v) is 4.32. The Morgan fingerprint density at radius 3 is 2.85 bits per heavy atom. The van der Waals surface area contributed by atoms with E-state index < -0.39 is 11.4 Å². The zero-order chi connectivity index (χ0) is 14.8. The lowest BCUT2D eigenvalue weighted by atomic mass is 9.76. The van der Waals surface area contributed by atoms with Crippen LogP contribution in [0.1, 0.15) is 44.0 Å². The van der Waals surface area contributed by atoms with E-state index in [4.69, 9.17) is 0 Å². The lowest BCUT2D eigenvalue weighted by molar-refractivity contribution is -0.153. The van der Waals surface area contributed by atoms with Crippen molar-refractivity contribution in [1.29, 1.82) is 0 Å². The summed E-state index contributed by atoms with van der Waals surface area (Å²) in [6.45, 7) is 6.46. The van der Waals surface area contributed by atoms with Gasteiger partial charge in [-0.15, -0.1) is 0 Å². The van der Waals surface area contributed by atoms with Gasteiger partial charge in [-0.3, -0.25) is 14.4 Å². The summed E-state index contributed by atoms with van der Waals surface area (Å²) >= 11 is 0. The maximum Gasteiger partial charge on any atom is 0.310 e. The highest BCUT2D eigenvalue weighted by Crippen LogP contribution is 2.35. The molecule has 0 bridgehead atoms. The molecule has 0 amide bonds. The second kappa shape index (κ2) is 5.95. The standard InChI is InChI=1S/C15H25N3O2/c1-4-6-15(14(19)20)7-5-8-18(11-15)10-13-9-12(2)16-17(13)3/h9H,4-8,10-11H2,1-3H3,(H,19,20). The molecule has 0 saturated carbocycles. The zero-order valence-corrected chi connectivity index (χ0v) is 12.7. The van der Waals surface area contributed by atoms with Gasteiger partial charge in [-0.1, -0.05) is 13.3 Å². The molecule has 1 aliphatic heterocycles. The van der Waals surface area contributed by atoms with Crippen LogP contribution in [0.4, 0.5) is 0 Å². The molecule has 0 spiro atoms. The Balaban J connectivity index is 2.10. The summed E-state index contributed by atoms with van der Waals surface area (Å²) in [5, 5.41) is 14.0. The number of rotatable bonds is 5. The number of hydrogen-bond acceptors (Lipinski definition) is 3. The van der Waals surface area contributed by atoms with E-state index in [1.165, 1.54) is 0 Å². The fraction of sp³-hybridized carbons (Fsp3) is 0.733. The molecule has 1 unspecified atom stereocenters. The van der Waals surface area contributed by atoms with Gasteiger partial charge in [-0.25, -0.2) is 0 Å².